The predicted octanol–water partition coefficient (Wildman–Crippen LogP) is 16.9. The fourth-order valence-electron chi connectivity index (χ4n) is 7.12. The number of hydrogen-bond donors (Lipinski definition) is 0. The van der Waals surface area contributed by atoms with Gasteiger partial charge in [0.2, 0.25) is 0 Å². The van der Waals surface area contributed by atoms with Crippen molar-refractivity contribution in [1.29, 1.82) is 0 Å². The normalized spacial score (nSPS) is 12.5. The second-order valence-electron chi connectivity index (χ2n) is 17.0. The maximum atomic E-state index is 12.8. The first-order valence-electron chi connectivity index (χ1n) is 25.8. The standard InChI is InChI=1S/C55H96O6/c1-4-7-10-13-16-19-22-25-27-28-31-33-36-39-42-45-48-54(57)60-51-52(50-59-53(56)47-44-41-38-35-32-29-24-21-18-15-12-9-6-3)61-55(58)49-46-43-40-37-34-30-26-23-20-17-14-11-8-5-2/h8,11,17,20,27-29,32,38,41,52H,4-7,9-10,12-16,18-19,21-26,30-31,33-37,39-40,42-51H2,1-3H3/b11-8+,20-17+,28-27+,32-29+,41-38+. The van der Waals surface area contributed by atoms with Crippen molar-refractivity contribution in [3.63, 3.8) is 0 Å². The number of esters is 3. The molecule has 0 aliphatic carbocycles. The van der Waals surface area contributed by atoms with E-state index in [1.54, 1.807) is 0 Å². The van der Waals surface area contributed by atoms with E-state index in [0.29, 0.717) is 19.3 Å². The van der Waals surface area contributed by atoms with Crippen LogP contribution >= 0.6 is 0 Å². The maximum absolute atomic E-state index is 12.8. The minimum Gasteiger partial charge on any atom is -0.462 e. The number of carbonyl (C=O) groups excluding carboxylic acids is 3. The first kappa shape index (κ1) is 58.1. The summed E-state index contributed by atoms with van der Waals surface area (Å²) in [7, 11) is 0. The zero-order valence-electron chi connectivity index (χ0n) is 40.2. The van der Waals surface area contributed by atoms with Crippen molar-refractivity contribution in [2.75, 3.05) is 13.2 Å². The van der Waals surface area contributed by atoms with E-state index in [0.717, 1.165) is 77.0 Å². The van der Waals surface area contributed by atoms with Crippen molar-refractivity contribution in [2.45, 2.75) is 258 Å². The smallest absolute Gasteiger partial charge is 0.306 e. The Balaban J connectivity index is 4.45. The molecule has 0 heterocycles. The molecule has 61 heavy (non-hydrogen) atoms. The van der Waals surface area contributed by atoms with Crippen LogP contribution in [0.5, 0.6) is 0 Å². The molecule has 352 valence electrons. The van der Waals surface area contributed by atoms with Gasteiger partial charge in [-0.3, -0.25) is 14.4 Å². The Morgan fingerprint density at radius 3 is 1.10 bits per heavy atom. The zero-order chi connectivity index (χ0) is 44.4. The van der Waals surface area contributed by atoms with E-state index in [9.17, 15) is 14.4 Å². The van der Waals surface area contributed by atoms with Gasteiger partial charge in [0.05, 0.1) is 0 Å². The van der Waals surface area contributed by atoms with Gasteiger partial charge in [0.25, 0.3) is 0 Å². The van der Waals surface area contributed by atoms with E-state index in [4.69, 9.17) is 14.2 Å². The average Bonchev–Trinajstić information content (AvgIpc) is 3.26. The molecule has 0 aromatic rings. The van der Waals surface area contributed by atoms with Crippen molar-refractivity contribution < 1.29 is 28.6 Å². The fourth-order valence-corrected chi connectivity index (χ4v) is 7.12. The van der Waals surface area contributed by atoms with Crippen molar-refractivity contribution in [3.05, 3.63) is 60.8 Å². The van der Waals surface area contributed by atoms with Crippen LogP contribution < -0.4 is 0 Å². The first-order valence-corrected chi connectivity index (χ1v) is 25.8. The van der Waals surface area contributed by atoms with Gasteiger partial charge >= 0.3 is 17.9 Å². The Kier molecular flexibility index (Phi) is 47.4. The van der Waals surface area contributed by atoms with Gasteiger partial charge in [-0.2, -0.15) is 0 Å². The third-order valence-corrected chi connectivity index (χ3v) is 11.0. The van der Waals surface area contributed by atoms with Crippen molar-refractivity contribution in [2.24, 2.45) is 0 Å². The molecule has 0 N–H and O–H groups in total. The molecule has 0 aromatic heterocycles. The summed E-state index contributed by atoms with van der Waals surface area (Å²) >= 11 is 0. The molecule has 6 nitrogen and oxygen atoms in total. The van der Waals surface area contributed by atoms with Gasteiger partial charge in [0, 0.05) is 19.3 Å². The number of rotatable bonds is 46. The fraction of sp³-hybridized carbons (Fsp3) is 0.764. The molecule has 6 heteroatoms. The SMILES string of the molecule is CC/C=C/C/C=C/CCCCCCCCCC(=O)OC(COC(=O)CC/C=C/C/C=C/CCCCCCCC)COC(=O)CCCCCCC/C=C/CCCCCCCCC. The highest BCUT2D eigenvalue weighted by Crippen LogP contribution is 2.14. The lowest BCUT2D eigenvalue weighted by molar-refractivity contribution is -0.166. The first-order chi connectivity index (χ1) is 30.0. The van der Waals surface area contributed by atoms with Crippen LogP contribution in [0.2, 0.25) is 0 Å². The predicted molar refractivity (Wildman–Crippen MR) is 261 cm³/mol. The Morgan fingerprint density at radius 2 is 0.672 bits per heavy atom. The summed E-state index contributed by atoms with van der Waals surface area (Å²) in [6.45, 7) is 6.46. The van der Waals surface area contributed by atoms with Gasteiger partial charge in [-0.1, -0.05) is 204 Å². The molecule has 0 rings (SSSR count). The molecule has 0 aliphatic rings. The van der Waals surface area contributed by atoms with E-state index < -0.39 is 6.10 Å². The lowest BCUT2D eigenvalue weighted by Gasteiger charge is -2.18. The summed E-state index contributed by atoms with van der Waals surface area (Å²) in [6.07, 6.45) is 60.7. The minimum atomic E-state index is -0.803. The highest BCUT2D eigenvalue weighted by molar-refractivity contribution is 5.71. The van der Waals surface area contributed by atoms with Crippen LogP contribution in [0.1, 0.15) is 252 Å². The quantitative estimate of drug-likeness (QED) is 0.0263. The number of unbranched alkanes of at least 4 members (excludes halogenated alkanes) is 25. The number of allylic oxidation sites excluding steroid dienone is 10. The van der Waals surface area contributed by atoms with Gasteiger partial charge in [-0.15, -0.1) is 0 Å². The largest absolute Gasteiger partial charge is 0.462 e. The van der Waals surface area contributed by atoms with Gasteiger partial charge in [-0.05, 0) is 89.9 Å². The van der Waals surface area contributed by atoms with E-state index in [2.05, 4.69) is 75.5 Å². The van der Waals surface area contributed by atoms with E-state index in [1.165, 1.54) is 128 Å². The Labute approximate surface area is 377 Å². The highest BCUT2D eigenvalue weighted by Gasteiger charge is 2.19. The number of hydrogen-bond acceptors (Lipinski definition) is 6. The molecule has 0 aliphatic heterocycles. The molecule has 0 saturated heterocycles. The topological polar surface area (TPSA) is 78.9 Å². The molecule has 0 spiro atoms. The number of carbonyl (C=O) groups is 3. The van der Waals surface area contributed by atoms with Crippen LogP contribution in [0.3, 0.4) is 0 Å². The average molecular weight is 853 g/mol. The molecule has 0 bridgehead atoms. The third kappa shape index (κ3) is 48.0. The molecule has 0 amide bonds. The molecular weight excluding hydrogens is 757 g/mol. The summed E-state index contributed by atoms with van der Waals surface area (Å²) in [4.78, 5) is 37.9. The summed E-state index contributed by atoms with van der Waals surface area (Å²) in [5.74, 6) is -0.982. The van der Waals surface area contributed by atoms with Gasteiger partial charge in [0.1, 0.15) is 13.2 Å². The molecule has 0 saturated carbocycles. The molecule has 1 unspecified atom stereocenters. The molecular formula is C55H96O6. The van der Waals surface area contributed by atoms with Crippen LogP contribution in [0.4, 0.5) is 0 Å². The van der Waals surface area contributed by atoms with Crippen LogP contribution in [0.25, 0.3) is 0 Å². The van der Waals surface area contributed by atoms with Crippen molar-refractivity contribution >= 4 is 17.9 Å². The second-order valence-corrected chi connectivity index (χ2v) is 17.0. The van der Waals surface area contributed by atoms with Crippen molar-refractivity contribution in [3.8, 4) is 0 Å². The lowest BCUT2D eigenvalue weighted by atomic mass is 10.1. The Bertz CT molecular complexity index is 1120. The lowest BCUT2D eigenvalue weighted by Crippen LogP contribution is -2.30. The van der Waals surface area contributed by atoms with Crippen LogP contribution in [-0.2, 0) is 28.6 Å². The molecule has 0 fully saturated rings. The molecule has 1 atom stereocenters. The molecule has 0 radical (unpaired) electrons. The summed E-state index contributed by atoms with van der Waals surface area (Å²) < 4.78 is 16.7. The molecule has 0 aromatic carbocycles. The van der Waals surface area contributed by atoms with E-state index in [-0.39, 0.29) is 37.5 Å². The number of ether oxygens (including phenoxy) is 3. The van der Waals surface area contributed by atoms with Crippen LogP contribution in [-0.4, -0.2) is 37.2 Å². The third-order valence-electron chi connectivity index (χ3n) is 11.0. The van der Waals surface area contributed by atoms with Gasteiger partial charge < -0.3 is 14.2 Å². The summed E-state index contributed by atoms with van der Waals surface area (Å²) in [5.41, 5.74) is 0. The Hall–Kier alpha value is -2.89. The van der Waals surface area contributed by atoms with E-state index >= 15 is 0 Å². The maximum Gasteiger partial charge on any atom is 0.306 e. The minimum absolute atomic E-state index is 0.0986. The summed E-state index contributed by atoms with van der Waals surface area (Å²) in [6, 6.07) is 0. The monoisotopic (exact) mass is 853 g/mol. The van der Waals surface area contributed by atoms with Crippen LogP contribution in [0, 0.1) is 0 Å². The van der Waals surface area contributed by atoms with Crippen LogP contribution in [0.15, 0.2) is 60.8 Å². The van der Waals surface area contributed by atoms with Crippen molar-refractivity contribution in [1.82, 2.24) is 0 Å². The second kappa shape index (κ2) is 49.8. The zero-order valence-corrected chi connectivity index (χ0v) is 40.2. The van der Waals surface area contributed by atoms with Gasteiger partial charge in [0.15, 0.2) is 6.10 Å². The highest BCUT2D eigenvalue weighted by atomic mass is 16.6. The van der Waals surface area contributed by atoms with E-state index in [1.807, 2.05) is 6.08 Å². The Morgan fingerprint density at radius 1 is 0.344 bits per heavy atom. The van der Waals surface area contributed by atoms with Gasteiger partial charge in [-0.25, -0.2) is 0 Å². The summed E-state index contributed by atoms with van der Waals surface area (Å²) in [5, 5.41) is 0.